The van der Waals surface area contributed by atoms with E-state index in [0.717, 1.165) is 5.56 Å². The van der Waals surface area contributed by atoms with Crippen LogP contribution in [0.1, 0.15) is 31.9 Å². The zero-order chi connectivity index (χ0) is 17.6. The number of hydrogen-bond donors (Lipinski definition) is 1. The Morgan fingerprint density at radius 2 is 1.83 bits per heavy atom. The maximum atomic E-state index is 13.1. The molecule has 2 aromatic carbocycles. The normalized spacial score (nSPS) is 11.2. The van der Waals surface area contributed by atoms with Gasteiger partial charge in [0.2, 0.25) is 0 Å². The van der Waals surface area contributed by atoms with Gasteiger partial charge < -0.3 is 10.1 Å². The van der Waals surface area contributed by atoms with Crippen LogP contribution in [0.3, 0.4) is 0 Å². The largest absolute Gasteiger partial charge is 0.484 e. The molecule has 4 heteroatoms. The molecule has 3 nitrogen and oxygen atoms in total. The van der Waals surface area contributed by atoms with Crippen molar-refractivity contribution < 1.29 is 13.9 Å². The van der Waals surface area contributed by atoms with Crippen LogP contribution < -0.4 is 10.1 Å². The Balaban J connectivity index is 1.73. The van der Waals surface area contributed by atoms with Gasteiger partial charge in [0.1, 0.15) is 11.6 Å². The minimum Gasteiger partial charge on any atom is -0.484 e. The molecule has 0 unspecified atom stereocenters. The average Bonchev–Trinajstić information content (AvgIpc) is 2.52. The highest BCUT2D eigenvalue weighted by Gasteiger charge is 2.13. The Labute approximate surface area is 142 Å². The third kappa shape index (κ3) is 5.69. The van der Waals surface area contributed by atoms with Gasteiger partial charge in [-0.15, -0.1) is 0 Å². The van der Waals surface area contributed by atoms with E-state index in [2.05, 4.69) is 26.1 Å². The predicted molar refractivity (Wildman–Crippen MR) is 93.8 cm³/mol. The molecule has 1 N–H and O–H groups in total. The van der Waals surface area contributed by atoms with Crippen molar-refractivity contribution >= 4 is 5.91 Å². The molecule has 1 amide bonds. The Morgan fingerprint density at radius 3 is 2.46 bits per heavy atom. The Kier molecular flexibility index (Phi) is 5.96. The molecule has 128 valence electrons. The molecule has 2 aromatic rings. The highest BCUT2D eigenvalue weighted by Crippen LogP contribution is 2.24. The Bertz CT molecular complexity index is 675. The lowest BCUT2D eigenvalue weighted by molar-refractivity contribution is -0.123. The van der Waals surface area contributed by atoms with Crippen LogP contribution in [0.2, 0.25) is 0 Å². The molecule has 0 bridgehead atoms. The number of hydrogen-bond acceptors (Lipinski definition) is 2. The van der Waals surface area contributed by atoms with Crippen LogP contribution >= 0.6 is 0 Å². The highest BCUT2D eigenvalue weighted by atomic mass is 19.1. The molecule has 0 saturated carbocycles. The van der Waals surface area contributed by atoms with Gasteiger partial charge in [-0.1, -0.05) is 45.0 Å². The summed E-state index contributed by atoms with van der Waals surface area (Å²) in [5.74, 6) is 0.218. The fourth-order valence-corrected chi connectivity index (χ4v) is 2.29. The number of carbonyl (C=O) groups is 1. The van der Waals surface area contributed by atoms with Gasteiger partial charge in [0.25, 0.3) is 5.91 Å². The van der Waals surface area contributed by atoms with Crippen molar-refractivity contribution in [3.05, 3.63) is 65.5 Å². The first kappa shape index (κ1) is 18.0. The SMILES string of the molecule is CC(C)(C)c1ccc(OCC(=O)NCCc2cccc(F)c2)cc1. The molecule has 0 saturated heterocycles. The first-order valence-corrected chi connectivity index (χ1v) is 8.09. The van der Waals surface area contributed by atoms with Gasteiger partial charge >= 0.3 is 0 Å². The summed E-state index contributed by atoms with van der Waals surface area (Å²) < 4.78 is 18.5. The Hall–Kier alpha value is -2.36. The van der Waals surface area contributed by atoms with E-state index in [1.54, 1.807) is 6.07 Å². The third-order valence-electron chi connectivity index (χ3n) is 3.72. The summed E-state index contributed by atoms with van der Waals surface area (Å²) in [6.45, 7) is 6.87. The van der Waals surface area contributed by atoms with E-state index in [4.69, 9.17) is 4.74 Å². The summed E-state index contributed by atoms with van der Waals surface area (Å²) in [4.78, 5) is 11.8. The zero-order valence-corrected chi connectivity index (χ0v) is 14.4. The minimum absolute atomic E-state index is 0.0297. The van der Waals surface area contributed by atoms with Crippen molar-refractivity contribution in [2.24, 2.45) is 0 Å². The lowest BCUT2D eigenvalue weighted by atomic mass is 9.87. The first-order valence-electron chi connectivity index (χ1n) is 8.09. The molecule has 2 rings (SSSR count). The second-order valence-electron chi connectivity index (χ2n) is 6.79. The van der Waals surface area contributed by atoms with Gasteiger partial charge in [-0.05, 0) is 47.2 Å². The van der Waals surface area contributed by atoms with Gasteiger partial charge in [0.05, 0.1) is 0 Å². The van der Waals surface area contributed by atoms with Crippen molar-refractivity contribution in [3.63, 3.8) is 0 Å². The molecular formula is C20H24FNO2. The number of benzene rings is 2. The van der Waals surface area contributed by atoms with Crippen molar-refractivity contribution in [2.45, 2.75) is 32.6 Å². The van der Waals surface area contributed by atoms with Crippen LogP contribution in [0.25, 0.3) is 0 Å². The third-order valence-corrected chi connectivity index (χ3v) is 3.72. The van der Waals surface area contributed by atoms with Crippen LogP contribution in [-0.4, -0.2) is 19.1 Å². The number of rotatable bonds is 6. The van der Waals surface area contributed by atoms with Crippen molar-refractivity contribution in [3.8, 4) is 5.75 Å². The zero-order valence-electron chi connectivity index (χ0n) is 14.4. The molecule has 0 aromatic heterocycles. The van der Waals surface area contributed by atoms with Crippen LogP contribution in [0.4, 0.5) is 4.39 Å². The molecule has 0 aliphatic rings. The summed E-state index contributed by atoms with van der Waals surface area (Å²) in [7, 11) is 0. The molecular weight excluding hydrogens is 305 g/mol. The summed E-state index contributed by atoms with van der Waals surface area (Å²) in [6.07, 6.45) is 0.587. The maximum absolute atomic E-state index is 13.1. The van der Waals surface area contributed by atoms with E-state index in [-0.39, 0.29) is 23.7 Å². The quantitative estimate of drug-likeness (QED) is 0.874. The van der Waals surface area contributed by atoms with E-state index in [9.17, 15) is 9.18 Å². The molecule has 0 fully saturated rings. The molecule has 0 atom stereocenters. The molecule has 0 aliphatic carbocycles. The summed E-state index contributed by atoms with van der Waals surface area (Å²) in [5.41, 5.74) is 2.16. The smallest absolute Gasteiger partial charge is 0.257 e. The monoisotopic (exact) mass is 329 g/mol. The van der Waals surface area contributed by atoms with Gasteiger partial charge in [-0.25, -0.2) is 4.39 Å². The van der Waals surface area contributed by atoms with Gasteiger partial charge in [-0.2, -0.15) is 0 Å². The number of nitrogens with one attached hydrogen (secondary N) is 1. The van der Waals surface area contributed by atoms with Gasteiger partial charge in [0, 0.05) is 6.54 Å². The van der Waals surface area contributed by atoms with E-state index in [0.29, 0.717) is 18.7 Å². The fraction of sp³-hybridized carbons (Fsp3) is 0.350. The Morgan fingerprint density at radius 1 is 1.12 bits per heavy atom. The second-order valence-corrected chi connectivity index (χ2v) is 6.79. The predicted octanol–water partition coefficient (Wildman–Crippen LogP) is 3.86. The number of ether oxygens (including phenoxy) is 1. The van der Waals surface area contributed by atoms with E-state index in [1.165, 1.54) is 17.7 Å². The summed E-state index contributed by atoms with van der Waals surface area (Å²) in [6, 6.07) is 14.1. The van der Waals surface area contributed by atoms with Crippen LogP contribution in [0.15, 0.2) is 48.5 Å². The average molecular weight is 329 g/mol. The minimum atomic E-state index is -0.263. The topological polar surface area (TPSA) is 38.3 Å². The van der Waals surface area contributed by atoms with Gasteiger partial charge in [0.15, 0.2) is 6.61 Å². The van der Waals surface area contributed by atoms with E-state index in [1.807, 2.05) is 30.3 Å². The summed E-state index contributed by atoms with van der Waals surface area (Å²) in [5, 5.41) is 2.77. The van der Waals surface area contributed by atoms with Crippen molar-refractivity contribution in [1.29, 1.82) is 0 Å². The lowest BCUT2D eigenvalue weighted by Gasteiger charge is -2.19. The molecule has 0 spiro atoms. The second kappa shape index (κ2) is 7.95. The summed E-state index contributed by atoms with van der Waals surface area (Å²) >= 11 is 0. The van der Waals surface area contributed by atoms with Crippen molar-refractivity contribution in [1.82, 2.24) is 5.32 Å². The van der Waals surface area contributed by atoms with E-state index >= 15 is 0 Å². The number of carbonyl (C=O) groups excluding carboxylic acids is 1. The van der Waals surface area contributed by atoms with Crippen LogP contribution in [-0.2, 0) is 16.6 Å². The standard InChI is InChI=1S/C20H24FNO2/c1-20(2,3)16-7-9-18(10-8-16)24-14-19(23)22-12-11-15-5-4-6-17(21)13-15/h4-10,13H,11-12,14H2,1-3H3,(H,22,23). The maximum Gasteiger partial charge on any atom is 0.257 e. The highest BCUT2D eigenvalue weighted by molar-refractivity contribution is 5.77. The first-order chi connectivity index (χ1) is 11.3. The number of amides is 1. The molecule has 0 aliphatic heterocycles. The molecule has 0 radical (unpaired) electrons. The molecule has 24 heavy (non-hydrogen) atoms. The van der Waals surface area contributed by atoms with Crippen LogP contribution in [0.5, 0.6) is 5.75 Å². The van der Waals surface area contributed by atoms with E-state index < -0.39 is 0 Å². The van der Waals surface area contributed by atoms with Crippen molar-refractivity contribution in [2.75, 3.05) is 13.2 Å². The van der Waals surface area contributed by atoms with Gasteiger partial charge in [-0.3, -0.25) is 4.79 Å². The fourth-order valence-electron chi connectivity index (χ4n) is 2.29. The molecule has 0 heterocycles. The lowest BCUT2D eigenvalue weighted by Crippen LogP contribution is -2.30. The van der Waals surface area contributed by atoms with Crippen LogP contribution in [0, 0.1) is 5.82 Å². The number of halogens is 1.